The third-order valence-electron chi connectivity index (χ3n) is 3.72. The summed E-state index contributed by atoms with van der Waals surface area (Å²) in [7, 11) is 0. The highest BCUT2D eigenvalue weighted by atomic mass is 16.7. The van der Waals surface area contributed by atoms with Gasteiger partial charge in [0.25, 0.3) is 0 Å². The second-order valence-corrected chi connectivity index (χ2v) is 5.26. The van der Waals surface area contributed by atoms with E-state index in [-0.39, 0.29) is 6.42 Å². The first-order valence-corrected chi connectivity index (χ1v) is 6.89. The van der Waals surface area contributed by atoms with Crippen molar-refractivity contribution in [1.29, 1.82) is 5.26 Å². The van der Waals surface area contributed by atoms with Crippen LogP contribution in [-0.2, 0) is 9.47 Å². The van der Waals surface area contributed by atoms with Crippen LogP contribution in [0, 0.1) is 11.3 Å². The molecule has 8 nitrogen and oxygen atoms in total. The lowest BCUT2D eigenvalue weighted by Crippen LogP contribution is -2.59. The van der Waals surface area contributed by atoms with Crippen molar-refractivity contribution < 1.29 is 35.0 Å². The molecule has 1 aliphatic carbocycles. The Kier molecular flexibility index (Phi) is 5.66. The van der Waals surface area contributed by atoms with Gasteiger partial charge in [-0.05, 0) is 5.57 Å². The lowest BCUT2D eigenvalue weighted by Gasteiger charge is -2.41. The standard InChI is InChI=1S/C14H19NO7/c15-4-3-7-1-2-8(17)5-9(7)21-14-13(20)12(19)11(18)10(6-16)22-14/h1-3,8-14,16-20H,5-6H2/t8-,9-,10+,11+,12-,13+,14+/m0/s1. The summed E-state index contributed by atoms with van der Waals surface area (Å²) >= 11 is 0. The zero-order valence-electron chi connectivity index (χ0n) is 11.7. The summed E-state index contributed by atoms with van der Waals surface area (Å²) in [6.45, 7) is -0.557. The van der Waals surface area contributed by atoms with Gasteiger partial charge in [-0.1, -0.05) is 12.2 Å². The van der Waals surface area contributed by atoms with Gasteiger partial charge in [0.15, 0.2) is 6.29 Å². The molecule has 1 heterocycles. The molecule has 1 fully saturated rings. The molecule has 7 atom stereocenters. The van der Waals surface area contributed by atoms with Crippen LogP contribution in [0.5, 0.6) is 0 Å². The first-order valence-electron chi connectivity index (χ1n) is 6.89. The molecule has 8 heteroatoms. The van der Waals surface area contributed by atoms with Gasteiger partial charge in [-0.15, -0.1) is 0 Å². The van der Waals surface area contributed by atoms with Gasteiger partial charge < -0.3 is 35.0 Å². The van der Waals surface area contributed by atoms with E-state index in [0.29, 0.717) is 5.57 Å². The van der Waals surface area contributed by atoms with Crippen molar-refractivity contribution in [2.45, 2.75) is 49.3 Å². The number of nitrogens with zero attached hydrogens (tertiary/aromatic N) is 1. The first kappa shape index (κ1) is 17.1. The number of nitriles is 1. The number of rotatable bonds is 3. The predicted molar refractivity (Wildman–Crippen MR) is 72.1 cm³/mol. The normalized spacial score (nSPS) is 44.0. The highest BCUT2D eigenvalue weighted by Crippen LogP contribution is 2.28. The number of hydrogen-bond acceptors (Lipinski definition) is 8. The zero-order valence-corrected chi connectivity index (χ0v) is 11.7. The molecule has 0 aromatic heterocycles. The Morgan fingerprint density at radius 1 is 1.27 bits per heavy atom. The van der Waals surface area contributed by atoms with Crippen LogP contribution in [0.15, 0.2) is 23.8 Å². The molecule has 2 aliphatic rings. The largest absolute Gasteiger partial charge is 0.394 e. The molecule has 1 aliphatic heterocycles. The van der Waals surface area contributed by atoms with Gasteiger partial charge in [-0.25, -0.2) is 0 Å². The quantitative estimate of drug-likeness (QED) is 0.374. The van der Waals surface area contributed by atoms with E-state index in [1.165, 1.54) is 18.2 Å². The predicted octanol–water partition coefficient (Wildman–Crippen LogP) is -2.06. The highest BCUT2D eigenvalue weighted by Gasteiger charge is 2.45. The maximum Gasteiger partial charge on any atom is 0.187 e. The summed E-state index contributed by atoms with van der Waals surface area (Å²) < 4.78 is 10.8. The van der Waals surface area contributed by atoms with E-state index < -0.39 is 49.5 Å². The van der Waals surface area contributed by atoms with E-state index in [2.05, 4.69) is 0 Å². The van der Waals surface area contributed by atoms with Gasteiger partial charge in [-0.3, -0.25) is 0 Å². The molecule has 0 aromatic carbocycles. The fraction of sp³-hybridized carbons (Fsp3) is 0.643. The minimum Gasteiger partial charge on any atom is -0.394 e. The van der Waals surface area contributed by atoms with Crippen molar-refractivity contribution >= 4 is 0 Å². The summed E-state index contributed by atoms with van der Waals surface area (Å²) in [5.74, 6) is 0. The van der Waals surface area contributed by atoms with E-state index >= 15 is 0 Å². The minimum atomic E-state index is -1.54. The van der Waals surface area contributed by atoms with Crippen LogP contribution in [0.2, 0.25) is 0 Å². The molecular formula is C14H19NO7. The molecule has 0 spiro atoms. The summed E-state index contributed by atoms with van der Waals surface area (Å²) in [4.78, 5) is 0. The van der Waals surface area contributed by atoms with Crippen LogP contribution in [0.25, 0.3) is 0 Å². The molecule has 0 unspecified atom stereocenters. The van der Waals surface area contributed by atoms with Crippen molar-refractivity contribution in [2.24, 2.45) is 0 Å². The third kappa shape index (κ3) is 3.53. The second kappa shape index (κ2) is 7.30. The average molecular weight is 313 g/mol. The fourth-order valence-electron chi connectivity index (χ4n) is 2.45. The van der Waals surface area contributed by atoms with Gasteiger partial charge in [0, 0.05) is 12.5 Å². The monoisotopic (exact) mass is 313 g/mol. The van der Waals surface area contributed by atoms with Crippen LogP contribution in [-0.4, -0.2) is 75.1 Å². The van der Waals surface area contributed by atoms with Crippen LogP contribution in [0.1, 0.15) is 6.42 Å². The number of allylic oxidation sites excluding steroid dienone is 1. The summed E-state index contributed by atoms with van der Waals surface area (Å²) in [6.07, 6.45) is -3.96. The summed E-state index contributed by atoms with van der Waals surface area (Å²) in [5, 5.41) is 56.9. The Morgan fingerprint density at radius 3 is 2.64 bits per heavy atom. The summed E-state index contributed by atoms with van der Waals surface area (Å²) in [6, 6.07) is 1.86. The molecule has 0 saturated carbocycles. The summed E-state index contributed by atoms with van der Waals surface area (Å²) in [5.41, 5.74) is 0.491. The van der Waals surface area contributed by atoms with E-state index in [4.69, 9.17) is 19.8 Å². The Hall–Kier alpha value is -1.31. The Morgan fingerprint density at radius 2 is 2.00 bits per heavy atom. The van der Waals surface area contributed by atoms with E-state index in [0.717, 1.165) is 0 Å². The molecular weight excluding hydrogens is 294 g/mol. The van der Waals surface area contributed by atoms with E-state index in [9.17, 15) is 20.4 Å². The molecule has 0 amide bonds. The number of hydrogen-bond donors (Lipinski definition) is 5. The Bertz CT molecular complexity index is 484. The van der Waals surface area contributed by atoms with Crippen molar-refractivity contribution in [2.75, 3.05) is 6.61 Å². The van der Waals surface area contributed by atoms with Gasteiger partial charge in [-0.2, -0.15) is 5.26 Å². The van der Waals surface area contributed by atoms with Crippen molar-refractivity contribution in [3.63, 3.8) is 0 Å². The van der Waals surface area contributed by atoms with Crippen molar-refractivity contribution in [3.8, 4) is 6.07 Å². The Balaban J connectivity index is 2.12. The van der Waals surface area contributed by atoms with E-state index in [1.54, 1.807) is 0 Å². The highest BCUT2D eigenvalue weighted by molar-refractivity contribution is 5.32. The number of aliphatic hydroxyl groups excluding tert-OH is 5. The van der Waals surface area contributed by atoms with Crippen molar-refractivity contribution in [3.05, 3.63) is 23.8 Å². The smallest absolute Gasteiger partial charge is 0.187 e. The molecule has 2 rings (SSSR count). The molecule has 0 radical (unpaired) electrons. The van der Waals surface area contributed by atoms with Gasteiger partial charge in [0.05, 0.1) is 24.9 Å². The van der Waals surface area contributed by atoms with Gasteiger partial charge >= 0.3 is 0 Å². The third-order valence-corrected chi connectivity index (χ3v) is 3.72. The maximum absolute atomic E-state index is 9.93. The van der Waals surface area contributed by atoms with Crippen molar-refractivity contribution in [1.82, 2.24) is 0 Å². The first-order chi connectivity index (χ1) is 10.5. The SMILES string of the molecule is N#CC=C1C=C[C@H](O)C[C@@H]1O[C@@H]1O[C@H](CO)[C@@H](O)[C@H](O)[C@H]1O. The lowest BCUT2D eigenvalue weighted by atomic mass is 9.95. The molecule has 0 aromatic rings. The average Bonchev–Trinajstić information content (AvgIpc) is 2.50. The number of aliphatic hydroxyl groups is 5. The molecule has 0 bridgehead atoms. The van der Waals surface area contributed by atoms with Crippen LogP contribution >= 0.6 is 0 Å². The van der Waals surface area contributed by atoms with Crippen LogP contribution in [0.3, 0.4) is 0 Å². The maximum atomic E-state index is 9.93. The van der Waals surface area contributed by atoms with E-state index in [1.807, 2.05) is 6.07 Å². The topological polar surface area (TPSA) is 143 Å². The molecule has 122 valence electrons. The Labute approximate surface area is 127 Å². The lowest BCUT2D eigenvalue weighted by molar-refractivity contribution is -0.309. The van der Waals surface area contributed by atoms with Crippen LogP contribution in [0.4, 0.5) is 0 Å². The second-order valence-electron chi connectivity index (χ2n) is 5.26. The molecule has 22 heavy (non-hydrogen) atoms. The number of ether oxygens (including phenoxy) is 2. The minimum absolute atomic E-state index is 0.152. The van der Waals surface area contributed by atoms with Gasteiger partial charge in [0.2, 0.25) is 0 Å². The van der Waals surface area contributed by atoms with Gasteiger partial charge in [0.1, 0.15) is 24.4 Å². The van der Waals surface area contributed by atoms with Crippen LogP contribution < -0.4 is 0 Å². The molecule has 1 saturated heterocycles. The fourth-order valence-corrected chi connectivity index (χ4v) is 2.45. The zero-order chi connectivity index (χ0) is 16.3. The molecule has 5 N–H and O–H groups in total.